The van der Waals surface area contributed by atoms with E-state index < -0.39 is 0 Å². The Morgan fingerprint density at radius 2 is 2.18 bits per heavy atom. The van der Waals surface area contributed by atoms with Crippen LogP contribution in [0.3, 0.4) is 0 Å². The summed E-state index contributed by atoms with van der Waals surface area (Å²) in [6.45, 7) is 2.28. The van der Waals surface area contributed by atoms with Crippen LogP contribution >= 0.6 is 0 Å². The zero-order valence-electron chi connectivity index (χ0n) is 15.5. The number of nitrogens with one attached hydrogen (secondary N) is 3. The van der Waals surface area contributed by atoms with Crippen molar-refractivity contribution in [3.63, 3.8) is 0 Å². The number of hydrazine groups is 1. The maximum atomic E-state index is 8.57. The van der Waals surface area contributed by atoms with Crippen molar-refractivity contribution in [2.45, 2.75) is 25.4 Å². The summed E-state index contributed by atoms with van der Waals surface area (Å²) in [5.41, 5.74) is 9.37. The van der Waals surface area contributed by atoms with Crippen LogP contribution in [0.1, 0.15) is 30.1 Å². The molecule has 0 radical (unpaired) electrons. The lowest BCUT2D eigenvalue weighted by Crippen LogP contribution is -2.24. The Balaban J connectivity index is 1.42. The summed E-state index contributed by atoms with van der Waals surface area (Å²) in [7, 11) is 0. The lowest BCUT2D eigenvalue weighted by Gasteiger charge is -2.11. The number of benzene rings is 1. The molecular formula is C21H22N6O. The van der Waals surface area contributed by atoms with Gasteiger partial charge in [0.15, 0.2) is 0 Å². The number of pyridine rings is 2. The van der Waals surface area contributed by atoms with Gasteiger partial charge in [-0.25, -0.2) is 4.98 Å². The number of nitrogens with zero attached hydrogens (tertiary/aromatic N) is 3. The maximum absolute atomic E-state index is 8.57. The molecule has 2 aromatic heterocycles. The van der Waals surface area contributed by atoms with E-state index in [4.69, 9.17) is 10.00 Å². The molecule has 3 N–H and O–H groups in total. The fourth-order valence-electron chi connectivity index (χ4n) is 3.18. The first-order chi connectivity index (χ1) is 13.8. The molecule has 3 heterocycles. The van der Waals surface area contributed by atoms with Gasteiger partial charge in [0.2, 0.25) is 5.88 Å². The molecule has 4 rings (SSSR count). The van der Waals surface area contributed by atoms with E-state index in [1.54, 1.807) is 0 Å². The summed E-state index contributed by atoms with van der Waals surface area (Å²) >= 11 is 0. The number of hydrogen-bond donors (Lipinski definition) is 3. The molecule has 142 valence electrons. The molecule has 3 aromatic rings. The SMILES string of the molecule is N#CCCNCc1ccc2cc(Oc3ccc(C4CCNN4)cn3)ccc2n1. The van der Waals surface area contributed by atoms with Gasteiger partial charge >= 0.3 is 0 Å². The second-order valence-corrected chi connectivity index (χ2v) is 6.69. The summed E-state index contributed by atoms with van der Waals surface area (Å²) in [5.74, 6) is 1.30. The zero-order valence-corrected chi connectivity index (χ0v) is 15.5. The van der Waals surface area contributed by atoms with Gasteiger partial charge in [-0.15, -0.1) is 0 Å². The van der Waals surface area contributed by atoms with Crippen LogP contribution < -0.4 is 20.9 Å². The first-order valence-corrected chi connectivity index (χ1v) is 9.41. The minimum atomic E-state index is 0.303. The Morgan fingerprint density at radius 1 is 1.21 bits per heavy atom. The molecular weight excluding hydrogens is 352 g/mol. The standard InChI is InChI=1S/C21H22N6O/c22-9-1-10-23-14-17-4-2-15-12-18(5-6-19(15)26-17)28-21-7-3-16(13-24-21)20-8-11-25-27-20/h2-7,12-13,20,23,25,27H,1,8,10-11,14H2. The van der Waals surface area contributed by atoms with Gasteiger partial charge < -0.3 is 10.1 Å². The van der Waals surface area contributed by atoms with Crippen LogP contribution in [0.2, 0.25) is 0 Å². The first kappa shape index (κ1) is 18.3. The monoisotopic (exact) mass is 374 g/mol. The number of aromatic nitrogens is 2. The van der Waals surface area contributed by atoms with Crippen LogP contribution in [0.4, 0.5) is 0 Å². The van der Waals surface area contributed by atoms with Gasteiger partial charge in [-0.05, 0) is 36.2 Å². The third kappa shape index (κ3) is 4.43. The van der Waals surface area contributed by atoms with E-state index in [9.17, 15) is 0 Å². The van der Waals surface area contributed by atoms with E-state index in [2.05, 4.69) is 32.2 Å². The number of fused-ring (bicyclic) bond motifs is 1. The number of rotatable bonds is 7. The highest BCUT2D eigenvalue weighted by Gasteiger charge is 2.16. The smallest absolute Gasteiger partial charge is 0.219 e. The lowest BCUT2D eigenvalue weighted by molar-refractivity contribution is 0.462. The molecule has 1 aliphatic heterocycles. The maximum Gasteiger partial charge on any atom is 0.219 e. The Hall–Kier alpha value is -3.05. The Bertz CT molecular complexity index is 976. The van der Waals surface area contributed by atoms with Gasteiger partial charge in [0.05, 0.1) is 17.3 Å². The molecule has 1 unspecified atom stereocenters. The van der Waals surface area contributed by atoms with Crippen LogP contribution in [-0.2, 0) is 6.54 Å². The summed E-state index contributed by atoms with van der Waals surface area (Å²) in [6.07, 6.45) is 3.40. The fraction of sp³-hybridized carbons (Fsp3) is 0.286. The molecule has 1 aromatic carbocycles. The Kier molecular flexibility index (Phi) is 5.73. The van der Waals surface area contributed by atoms with Gasteiger partial charge in [0.25, 0.3) is 0 Å². The minimum absolute atomic E-state index is 0.303. The van der Waals surface area contributed by atoms with E-state index in [1.165, 1.54) is 0 Å². The molecule has 0 spiro atoms. The second-order valence-electron chi connectivity index (χ2n) is 6.69. The molecule has 1 fully saturated rings. The molecule has 7 nitrogen and oxygen atoms in total. The molecule has 1 atom stereocenters. The van der Waals surface area contributed by atoms with Crippen molar-refractivity contribution in [2.75, 3.05) is 13.1 Å². The number of hydrogen-bond acceptors (Lipinski definition) is 7. The highest BCUT2D eigenvalue weighted by atomic mass is 16.5. The van der Waals surface area contributed by atoms with Crippen LogP contribution in [-0.4, -0.2) is 23.1 Å². The number of ether oxygens (including phenoxy) is 1. The second kappa shape index (κ2) is 8.76. The third-order valence-corrected chi connectivity index (χ3v) is 4.66. The van der Waals surface area contributed by atoms with Crippen molar-refractivity contribution in [3.05, 3.63) is 59.9 Å². The van der Waals surface area contributed by atoms with E-state index >= 15 is 0 Å². The van der Waals surface area contributed by atoms with Crippen molar-refractivity contribution in [1.82, 2.24) is 26.1 Å². The van der Waals surface area contributed by atoms with E-state index in [1.807, 2.05) is 48.7 Å². The zero-order chi connectivity index (χ0) is 19.2. The van der Waals surface area contributed by atoms with E-state index in [-0.39, 0.29) is 0 Å². The molecule has 0 bridgehead atoms. The Morgan fingerprint density at radius 3 is 2.96 bits per heavy atom. The van der Waals surface area contributed by atoms with E-state index in [0.717, 1.165) is 40.9 Å². The third-order valence-electron chi connectivity index (χ3n) is 4.66. The van der Waals surface area contributed by atoms with Crippen molar-refractivity contribution in [3.8, 4) is 17.7 Å². The quantitative estimate of drug-likeness (QED) is 0.547. The topological polar surface area (TPSA) is 94.9 Å². The Labute approximate surface area is 163 Å². The van der Waals surface area contributed by atoms with Gasteiger partial charge in [-0.3, -0.25) is 15.8 Å². The van der Waals surface area contributed by atoms with E-state index in [0.29, 0.717) is 31.4 Å². The molecule has 7 heteroatoms. The van der Waals surface area contributed by atoms with Crippen LogP contribution in [0.25, 0.3) is 10.9 Å². The molecule has 28 heavy (non-hydrogen) atoms. The predicted molar refractivity (Wildman–Crippen MR) is 106 cm³/mol. The highest BCUT2D eigenvalue weighted by molar-refractivity contribution is 5.80. The van der Waals surface area contributed by atoms with Crippen molar-refractivity contribution in [2.24, 2.45) is 0 Å². The summed E-state index contributed by atoms with van der Waals surface area (Å²) in [4.78, 5) is 9.07. The number of nitriles is 1. The van der Waals surface area contributed by atoms with Gasteiger partial charge in [-0.2, -0.15) is 5.26 Å². The molecule has 1 saturated heterocycles. The van der Waals surface area contributed by atoms with Crippen molar-refractivity contribution < 1.29 is 4.74 Å². The average molecular weight is 374 g/mol. The van der Waals surface area contributed by atoms with Crippen molar-refractivity contribution in [1.29, 1.82) is 5.26 Å². The summed E-state index contributed by atoms with van der Waals surface area (Å²) in [5, 5.41) is 12.8. The fourth-order valence-corrected chi connectivity index (χ4v) is 3.18. The first-order valence-electron chi connectivity index (χ1n) is 9.41. The molecule has 0 aliphatic carbocycles. The largest absolute Gasteiger partial charge is 0.439 e. The minimum Gasteiger partial charge on any atom is -0.439 e. The highest BCUT2D eigenvalue weighted by Crippen LogP contribution is 2.25. The predicted octanol–water partition coefficient (Wildman–Crippen LogP) is 2.96. The van der Waals surface area contributed by atoms with Gasteiger partial charge in [0, 0.05) is 49.7 Å². The molecule has 1 aliphatic rings. The lowest BCUT2D eigenvalue weighted by atomic mass is 10.1. The van der Waals surface area contributed by atoms with Gasteiger partial charge in [-0.1, -0.05) is 12.1 Å². The molecule has 0 saturated carbocycles. The van der Waals surface area contributed by atoms with Gasteiger partial charge in [0.1, 0.15) is 5.75 Å². The van der Waals surface area contributed by atoms with Crippen LogP contribution in [0, 0.1) is 11.3 Å². The summed E-state index contributed by atoms with van der Waals surface area (Å²) < 4.78 is 5.91. The average Bonchev–Trinajstić information content (AvgIpc) is 3.27. The normalized spacial score (nSPS) is 16.2. The molecule has 0 amide bonds. The summed E-state index contributed by atoms with van der Waals surface area (Å²) in [6, 6.07) is 16.2. The van der Waals surface area contributed by atoms with Crippen molar-refractivity contribution >= 4 is 10.9 Å². The van der Waals surface area contributed by atoms with Crippen LogP contribution in [0.5, 0.6) is 11.6 Å². The van der Waals surface area contributed by atoms with Crippen LogP contribution in [0.15, 0.2) is 48.7 Å².